The van der Waals surface area contributed by atoms with Crippen LogP contribution in [-0.2, 0) is 22.4 Å². The number of ketones is 1. The predicted octanol–water partition coefficient (Wildman–Crippen LogP) is 6.12. The summed E-state index contributed by atoms with van der Waals surface area (Å²) in [6.07, 6.45) is 1.64. The number of hydrogen-bond acceptors (Lipinski definition) is 6. The molecule has 1 fully saturated rings. The molecule has 1 amide bonds. The van der Waals surface area contributed by atoms with Crippen LogP contribution in [0.1, 0.15) is 47.7 Å². The molecule has 186 valence electrons. The van der Waals surface area contributed by atoms with Crippen LogP contribution in [0.3, 0.4) is 0 Å². The Balaban J connectivity index is 1.53. The minimum Gasteiger partial charge on any atom is -0.507 e. The number of carbonyl (C=O) groups excluding carboxylic acids is 2. The molecule has 0 aliphatic carbocycles. The van der Waals surface area contributed by atoms with E-state index in [1.165, 1.54) is 16.2 Å². The second-order valence-corrected chi connectivity index (χ2v) is 10.7. The van der Waals surface area contributed by atoms with Crippen LogP contribution in [0.25, 0.3) is 16.0 Å². The number of rotatable bonds is 4. The third kappa shape index (κ3) is 3.90. The number of fused-ring (bicyclic) bond motifs is 2. The number of aryl methyl sites for hydroxylation is 2. The van der Waals surface area contributed by atoms with E-state index in [-0.39, 0.29) is 17.4 Å². The Kier molecular flexibility index (Phi) is 5.60. The summed E-state index contributed by atoms with van der Waals surface area (Å²) in [5, 5.41) is 11.9. The van der Waals surface area contributed by atoms with E-state index in [1.54, 1.807) is 6.07 Å². The van der Waals surface area contributed by atoms with Crippen molar-refractivity contribution in [1.82, 2.24) is 4.98 Å². The molecule has 4 aromatic rings. The fourth-order valence-electron chi connectivity index (χ4n) is 5.13. The second kappa shape index (κ2) is 8.85. The minimum atomic E-state index is -0.795. The fourth-order valence-corrected chi connectivity index (χ4v) is 6.22. The molecule has 3 aromatic carbocycles. The van der Waals surface area contributed by atoms with E-state index in [0.717, 1.165) is 51.1 Å². The van der Waals surface area contributed by atoms with E-state index in [9.17, 15) is 14.7 Å². The van der Waals surface area contributed by atoms with Crippen LogP contribution >= 0.6 is 11.3 Å². The van der Waals surface area contributed by atoms with E-state index < -0.39 is 17.7 Å². The van der Waals surface area contributed by atoms with Crippen LogP contribution in [0.5, 0.6) is 5.75 Å². The first-order chi connectivity index (χ1) is 17.8. The monoisotopic (exact) mass is 510 g/mol. The standard InChI is InChI=1S/C30H26N2O4S/c1-4-18-6-8-19(9-7-18)26-25(27(33)20-10-12-23-21(15-20)14-17(3)36-23)28(34)29(35)32(26)30-31-22-11-5-16(2)13-24(22)37-30/h5-13,15,17,26,33H,4,14H2,1-3H3/b27-25+/t17-,26-/m0/s1. The molecule has 0 spiro atoms. The van der Waals surface area contributed by atoms with Gasteiger partial charge in [0.25, 0.3) is 5.78 Å². The Morgan fingerprint density at radius 1 is 1.11 bits per heavy atom. The lowest BCUT2D eigenvalue weighted by atomic mass is 9.94. The Morgan fingerprint density at radius 3 is 2.65 bits per heavy atom. The zero-order chi connectivity index (χ0) is 25.8. The summed E-state index contributed by atoms with van der Waals surface area (Å²) in [6, 6.07) is 18.3. The van der Waals surface area contributed by atoms with Crippen molar-refractivity contribution in [2.45, 2.75) is 45.8 Å². The summed E-state index contributed by atoms with van der Waals surface area (Å²) in [7, 11) is 0. The zero-order valence-electron chi connectivity index (χ0n) is 20.8. The van der Waals surface area contributed by atoms with Gasteiger partial charge in [-0.05, 0) is 72.9 Å². The van der Waals surface area contributed by atoms with Gasteiger partial charge in [0, 0.05) is 12.0 Å². The second-order valence-electron chi connectivity index (χ2n) is 9.69. The van der Waals surface area contributed by atoms with Gasteiger partial charge in [-0.3, -0.25) is 14.5 Å². The maximum absolute atomic E-state index is 13.5. The lowest BCUT2D eigenvalue weighted by Gasteiger charge is -2.23. The van der Waals surface area contributed by atoms with Crippen LogP contribution in [0.15, 0.2) is 66.2 Å². The van der Waals surface area contributed by atoms with Gasteiger partial charge < -0.3 is 9.84 Å². The molecule has 2 atom stereocenters. The highest BCUT2D eigenvalue weighted by Gasteiger charge is 2.48. The van der Waals surface area contributed by atoms with Crippen LogP contribution in [0.4, 0.5) is 5.13 Å². The van der Waals surface area contributed by atoms with Crippen molar-refractivity contribution in [3.8, 4) is 5.75 Å². The highest BCUT2D eigenvalue weighted by molar-refractivity contribution is 7.22. The molecule has 1 N–H and O–H groups in total. The van der Waals surface area contributed by atoms with E-state index >= 15 is 0 Å². The number of anilines is 1. The SMILES string of the molecule is CCc1ccc([C@H]2/C(=C(\O)c3ccc4c(c3)C[C@H](C)O4)C(=O)C(=O)N2c2nc3ccc(C)cc3s2)cc1. The number of ether oxygens (including phenoxy) is 1. The largest absolute Gasteiger partial charge is 0.507 e. The van der Waals surface area contributed by atoms with Crippen molar-refractivity contribution in [3.63, 3.8) is 0 Å². The highest BCUT2D eigenvalue weighted by Crippen LogP contribution is 2.45. The molecule has 2 aliphatic heterocycles. The van der Waals surface area contributed by atoms with Crippen LogP contribution in [0, 0.1) is 6.92 Å². The third-order valence-electron chi connectivity index (χ3n) is 7.06. The first-order valence-corrected chi connectivity index (χ1v) is 13.2. The van der Waals surface area contributed by atoms with Crippen molar-refractivity contribution >= 4 is 44.1 Å². The summed E-state index contributed by atoms with van der Waals surface area (Å²) in [5.74, 6) is -0.826. The van der Waals surface area contributed by atoms with Gasteiger partial charge >= 0.3 is 5.91 Å². The summed E-state index contributed by atoms with van der Waals surface area (Å²) in [4.78, 5) is 33.2. The molecule has 0 radical (unpaired) electrons. The molecule has 0 bridgehead atoms. The van der Waals surface area contributed by atoms with Crippen molar-refractivity contribution in [3.05, 3.63) is 94.1 Å². The van der Waals surface area contributed by atoms with E-state index in [0.29, 0.717) is 10.7 Å². The summed E-state index contributed by atoms with van der Waals surface area (Å²) in [6.45, 7) is 6.07. The molecule has 37 heavy (non-hydrogen) atoms. The molecular formula is C30H26N2O4S. The van der Waals surface area contributed by atoms with Gasteiger partial charge in [0.1, 0.15) is 17.6 Å². The number of amides is 1. The highest BCUT2D eigenvalue weighted by atomic mass is 32.1. The Labute approximate surface area is 218 Å². The number of Topliss-reactive ketones (excluding diaryl/α,β-unsaturated/α-hetero) is 1. The van der Waals surface area contributed by atoms with Crippen LogP contribution in [0.2, 0.25) is 0 Å². The fraction of sp³-hybridized carbons (Fsp3) is 0.233. The number of aliphatic hydroxyl groups is 1. The summed E-state index contributed by atoms with van der Waals surface area (Å²) < 4.78 is 6.73. The molecule has 7 heteroatoms. The molecule has 0 saturated carbocycles. The van der Waals surface area contributed by atoms with Gasteiger partial charge in [-0.2, -0.15) is 0 Å². The Bertz CT molecular complexity index is 1600. The molecule has 0 unspecified atom stereocenters. The molecule has 1 aromatic heterocycles. The molecular weight excluding hydrogens is 484 g/mol. The number of benzene rings is 3. The van der Waals surface area contributed by atoms with Crippen molar-refractivity contribution in [1.29, 1.82) is 0 Å². The maximum Gasteiger partial charge on any atom is 0.301 e. The zero-order valence-corrected chi connectivity index (χ0v) is 21.6. The van der Waals surface area contributed by atoms with Crippen LogP contribution < -0.4 is 9.64 Å². The predicted molar refractivity (Wildman–Crippen MR) is 145 cm³/mol. The molecule has 3 heterocycles. The van der Waals surface area contributed by atoms with Gasteiger partial charge in [-0.25, -0.2) is 4.98 Å². The first-order valence-electron chi connectivity index (χ1n) is 12.4. The maximum atomic E-state index is 13.5. The van der Waals surface area contributed by atoms with E-state index in [1.807, 2.05) is 68.4 Å². The van der Waals surface area contributed by atoms with E-state index in [2.05, 4.69) is 6.92 Å². The lowest BCUT2D eigenvalue weighted by Crippen LogP contribution is -2.29. The topological polar surface area (TPSA) is 79.7 Å². The minimum absolute atomic E-state index is 0.0535. The molecule has 2 aliphatic rings. The lowest BCUT2D eigenvalue weighted by molar-refractivity contribution is -0.132. The Morgan fingerprint density at radius 2 is 1.89 bits per heavy atom. The normalized spacial score (nSPS) is 20.5. The number of aromatic nitrogens is 1. The van der Waals surface area contributed by atoms with Crippen LogP contribution in [-0.4, -0.2) is 27.9 Å². The van der Waals surface area contributed by atoms with Gasteiger partial charge in [-0.15, -0.1) is 0 Å². The molecule has 6 rings (SSSR count). The quantitative estimate of drug-likeness (QED) is 0.203. The number of nitrogens with zero attached hydrogens (tertiary/aromatic N) is 2. The molecule has 6 nitrogen and oxygen atoms in total. The number of thiazole rings is 1. The average Bonchev–Trinajstić information content (AvgIpc) is 3.55. The van der Waals surface area contributed by atoms with Crippen molar-refractivity contribution in [2.24, 2.45) is 0 Å². The number of carbonyl (C=O) groups is 2. The number of hydrogen-bond donors (Lipinski definition) is 1. The Hall–Kier alpha value is -3.97. The van der Waals surface area contributed by atoms with Gasteiger partial charge in [0.2, 0.25) is 0 Å². The third-order valence-corrected chi connectivity index (χ3v) is 8.07. The molecule has 1 saturated heterocycles. The van der Waals surface area contributed by atoms with Gasteiger partial charge in [0.15, 0.2) is 5.13 Å². The average molecular weight is 511 g/mol. The van der Waals surface area contributed by atoms with E-state index in [4.69, 9.17) is 9.72 Å². The van der Waals surface area contributed by atoms with Gasteiger partial charge in [0.05, 0.1) is 21.8 Å². The summed E-state index contributed by atoms with van der Waals surface area (Å²) >= 11 is 1.37. The van der Waals surface area contributed by atoms with Gasteiger partial charge in [-0.1, -0.05) is 48.6 Å². The number of aliphatic hydroxyl groups excluding tert-OH is 1. The van der Waals surface area contributed by atoms with Crippen molar-refractivity contribution in [2.75, 3.05) is 4.90 Å². The van der Waals surface area contributed by atoms with Crippen molar-refractivity contribution < 1.29 is 19.4 Å². The summed E-state index contributed by atoms with van der Waals surface area (Å²) in [5.41, 5.74) is 5.26. The smallest absolute Gasteiger partial charge is 0.301 e. The first kappa shape index (κ1) is 23.4.